The van der Waals surface area contributed by atoms with Crippen LogP contribution in [-0.4, -0.2) is 25.0 Å². The van der Waals surface area contributed by atoms with Crippen molar-refractivity contribution in [3.8, 4) is 5.75 Å². The van der Waals surface area contributed by atoms with Gasteiger partial charge >= 0.3 is 6.03 Å². The Morgan fingerprint density at radius 2 is 1.88 bits per heavy atom. The van der Waals surface area contributed by atoms with Crippen LogP contribution in [0.15, 0.2) is 46.4 Å². The summed E-state index contributed by atoms with van der Waals surface area (Å²) in [6, 6.07) is 9.05. The minimum absolute atomic E-state index is 0.199. The van der Waals surface area contributed by atoms with E-state index in [1.54, 1.807) is 43.3 Å². The number of nitrogens with zero attached hydrogens (tertiary/aromatic N) is 1. The maximum absolute atomic E-state index is 12.7. The van der Waals surface area contributed by atoms with Crippen molar-refractivity contribution < 1.29 is 23.5 Å². The first-order valence-corrected chi connectivity index (χ1v) is 7.12. The highest BCUT2D eigenvalue weighted by Crippen LogP contribution is 2.30. The number of hydrogen-bond acceptors (Lipinski definition) is 5. The van der Waals surface area contributed by atoms with E-state index in [-0.39, 0.29) is 11.3 Å². The van der Waals surface area contributed by atoms with Gasteiger partial charge < -0.3 is 9.15 Å². The van der Waals surface area contributed by atoms with E-state index in [2.05, 4.69) is 5.32 Å². The molecule has 2 heterocycles. The lowest BCUT2D eigenvalue weighted by molar-refractivity contribution is -0.122. The molecule has 1 fully saturated rings. The van der Waals surface area contributed by atoms with E-state index in [9.17, 15) is 14.4 Å². The van der Waals surface area contributed by atoms with Gasteiger partial charge in [-0.1, -0.05) is 12.1 Å². The van der Waals surface area contributed by atoms with Gasteiger partial charge in [0.2, 0.25) is 0 Å². The van der Waals surface area contributed by atoms with Crippen LogP contribution in [0.3, 0.4) is 0 Å². The van der Waals surface area contributed by atoms with Crippen molar-refractivity contribution in [3.63, 3.8) is 0 Å². The van der Waals surface area contributed by atoms with Crippen LogP contribution in [0.25, 0.3) is 6.08 Å². The number of benzene rings is 1. The van der Waals surface area contributed by atoms with Crippen LogP contribution in [-0.2, 0) is 9.59 Å². The summed E-state index contributed by atoms with van der Waals surface area (Å²) < 4.78 is 10.5. The fourth-order valence-electron chi connectivity index (χ4n) is 2.36. The fourth-order valence-corrected chi connectivity index (χ4v) is 2.36. The molecule has 3 rings (SSSR count). The van der Waals surface area contributed by atoms with Crippen molar-refractivity contribution in [1.29, 1.82) is 0 Å². The zero-order valence-corrected chi connectivity index (χ0v) is 13.0. The fraction of sp³-hybridized carbons (Fsp3) is 0.118. The van der Waals surface area contributed by atoms with E-state index in [1.807, 2.05) is 0 Å². The van der Waals surface area contributed by atoms with Gasteiger partial charge in [-0.25, -0.2) is 9.69 Å². The molecule has 0 saturated carbocycles. The SMILES string of the molecule is COc1ccccc1N1C(=O)NC(=O)/C(=C\c2ccc(C)o2)C1=O. The second-order valence-electron chi connectivity index (χ2n) is 5.08. The van der Waals surface area contributed by atoms with Gasteiger partial charge in [-0.15, -0.1) is 0 Å². The molecule has 24 heavy (non-hydrogen) atoms. The summed E-state index contributed by atoms with van der Waals surface area (Å²) >= 11 is 0. The molecule has 0 atom stereocenters. The molecule has 1 aliphatic heterocycles. The van der Waals surface area contributed by atoms with Crippen molar-refractivity contribution in [1.82, 2.24) is 5.32 Å². The van der Waals surface area contributed by atoms with Crippen molar-refractivity contribution in [2.75, 3.05) is 12.0 Å². The molecule has 0 spiro atoms. The standard InChI is InChI=1S/C17H14N2O5/c1-10-7-8-11(24-10)9-12-15(20)18-17(22)19(16(12)21)13-5-3-4-6-14(13)23-2/h3-9H,1-2H3,(H,18,20,22)/b12-9+. The monoisotopic (exact) mass is 326 g/mol. The number of aryl methyl sites for hydroxylation is 1. The van der Waals surface area contributed by atoms with Crippen LogP contribution in [0.2, 0.25) is 0 Å². The molecule has 0 aliphatic carbocycles. The zero-order chi connectivity index (χ0) is 17.3. The largest absolute Gasteiger partial charge is 0.495 e. The van der Waals surface area contributed by atoms with E-state index in [0.29, 0.717) is 17.3 Å². The van der Waals surface area contributed by atoms with Gasteiger partial charge in [-0.05, 0) is 37.3 Å². The number of carbonyl (C=O) groups excluding carboxylic acids is 3. The number of furan rings is 1. The summed E-state index contributed by atoms with van der Waals surface area (Å²) in [4.78, 5) is 37.8. The highest BCUT2D eigenvalue weighted by Gasteiger charge is 2.38. The Kier molecular flexibility index (Phi) is 3.91. The molecule has 0 radical (unpaired) electrons. The van der Waals surface area contributed by atoms with Gasteiger partial charge in [0.1, 0.15) is 22.8 Å². The molecule has 1 saturated heterocycles. The Hall–Kier alpha value is -3.35. The first-order chi connectivity index (χ1) is 11.5. The number of carbonyl (C=O) groups is 3. The van der Waals surface area contributed by atoms with E-state index < -0.39 is 17.8 Å². The van der Waals surface area contributed by atoms with Gasteiger partial charge in [0, 0.05) is 0 Å². The van der Waals surface area contributed by atoms with Gasteiger partial charge in [0.15, 0.2) is 0 Å². The summed E-state index contributed by atoms with van der Waals surface area (Å²) in [7, 11) is 1.43. The lowest BCUT2D eigenvalue weighted by Crippen LogP contribution is -2.54. The van der Waals surface area contributed by atoms with E-state index >= 15 is 0 Å². The van der Waals surface area contributed by atoms with Crippen LogP contribution in [0.1, 0.15) is 11.5 Å². The number of urea groups is 1. The second kappa shape index (κ2) is 6.04. The molecular weight excluding hydrogens is 312 g/mol. The first kappa shape index (κ1) is 15.5. The molecule has 7 nitrogen and oxygen atoms in total. The zero-order valence-electron chi connectivity index (χ0n) is 13.0. The molecular formula is C17H14N2O5. The number of methoxy groups -OCH3 is 1. The summed E-state index contributed by atoms with van der Waals surface area (Å²) in [6.45, 7) is 1.75. The topological polar surface area (TPSA) is 88.8 Å². The maximum atomic E-state index is 12.7. The highest BCUT2D eigenvalue weighted by atomic mass is 16.5. The van der Waals surface area contributed by atoms with Gasteiger partial charge in [-0.2, -0.15) is 0 Å². The second-order valence-corrected chi connectivity index (χ2v) is 5.08. The summed E-state index contributed by atoms with van der Waals surface area (Å²) in [5.41, 5.74) is 0.0476. The Balaban J connectivity index is 2.05. The van der Waals surface area contributed by atoms with Crippen LogP contribution in [0.4, 0.5) is 10.5 Å². The molecule has 0 unspecified atom stereocenters. The van der Waals surface area contributed by atoms with E-state index in [4.69, 9.17) is 9.15 Å². The number of imide groups is 2. The van der Waals surface area contributed by atoms with E-state index in [0.717, 1.165) is 4.90 Å². The molecule has 1 N–H and O–H groups in total. The molecule has 4 amide bonds. The average Bonchev–Trinajstić information content (AvgIpc) is 2.97. The summed E-state index contributed by atoms with van der Waals surface area (Å²) in [6.07, 6.45) is 1.31. The molecule has 7 heteroatoms. The number of amides is 4. The predicted molar refractivity (Wildman–Crippen MR) is 85.4 cm³/mol. The Labute approximate surface area is 137 Å². The van der Waals surface area contributed by atoms with Gasteiger partial charge in [0.25, 0.3) is 11.8 Å². The minimum atomic E-state index is -0.831. The Bertz CT molecular complexity index is 865. The highest BCUT2D eigenvalue weighted by molar-refractivity contribution is 6.39. The predicted octanol–water partition coefficient (Wildman–Crippen LogP) is 2.26. The van der Waals surface area contributed by atoms with E-state index in [1.165, 1.54) is 13.2 Å². The van der Waals surface area contributed by atoms with Gasteiger partial charge in [0.05, 0.1) is 12.8 Å². The van der Waals surface area contributed by atoms with Crippen molar-refractivity contribution in [3.05, 3.63) is 53.5 Å². The van der Waals surface area contributed by atoms with Crippen LogP contribution < -0.4 is 15.0 Å². The van der Waals surface area contributed by atoms with Gasteiger partial charge in [-0.3, -0.25) is 14.9 Å². The number of anilines is 1. The summed E-state index contributed by atoms with van der Waals surface area (Å²) in [5, 5.41) is 2.15. The first-order valence-electron chi connectivity index (χ1n) is 7.12. The number of para-hydroxylation sites is 2. The third kappa shape index (κ3) is 2.67. The number of barbiturate groups is 1. The van der Waals surface area contributed by atoms with Crippen molar-refractivity contribution in [2.24, 2.45) is 0 Å². The van der Waals surface area contributed by atoms with Crippen molar-refractivity contribution >= 4 is 29.6 Å². The van der Waals surface area contributed by atoms with Crippen LogP contribution in [0, 0.1) is 6.92 Å². The Morgan fingerprint density at radius 1 is 1.12 bits per heavy atom. The molecule has 2 aromatic rings. The molecule has 122 valence electrons. The minimum Gasteiger partial charge on any atom is -0.495 e. The number of rotatable bonds is 3. The number of nitrogens with one attached hydrogen (secondary N) is 1. The third-order valence-electron chi connectivity index (χ3n) is 3.48. The average molecular weight is 326 g/mol. The molecule has 1 aromatic carbocycles. The lowest BCUT2D eigenvalue weighted by Gasteiger charge is -2.27. The molecule has 0 bridgehead atoms. The number of ether oxygens (including phenoxy) is 1. The maximum Gasteiger partial charge on any atom is 0.336 e. The Morgan fingerprint density at radius 3 is 2.54 bits per heavy atom. The van der Waals surface area contributed by atoms with Crippen LogP contribution >= 0.6 is 0 Å². The normalized spacial score (nSPS) is 16.5. The van der Waals surface area contributed by atoms with Crippen LogP contribution in [0.5, 0.6) is 5.75 Å². The molecule has 1 aromatic heterocycles. The third-order valence-corrected chi connectivity index (χ3v) is 3.48. The number of hydrogen-bond donors (Lipinski definition) is 1. The quantitative estimate of drug-likeness (QED) is 0.690. The lowest BCUT2D eigenvalue weighted by atomic mass is 10.1. The smallest absolute Gasteiger partial charge is 0.336 e. The molecule has 1 aliphatic rings. The van der Waals surface area contributed by atoms with Crippen molar-refractivity contribution in [2.45, 2.75) is 6.92 Å². The summed E-state index contributed by atoms with van der Waals surface area (Å²) in [5.74, 6) is -0.195.